The minimum Gasteiger partial charge on any atom is -0.495 e. The molecule has 114 valence electrons. The normalized spacial score (nSPS) is 11.4. The number of sulfonamides is 1. The van der Waals surface area contributed by atoms with Crippen LogP contribution in [0.3, 0.4) is 0 Å². The van der Waals surface area contributed by atoms with Gasteiger partial charge in [-0.05, 0) is 28.1 Å². The molecule has 7 nitrogen and oxygen atoms in total. The Labute approximate surface area is 131 Å². The zero-order valence-corrected chi connectivity index (χ0v) is 13.7. The number of benzene rings is 1. The van der Waals surface area contributed by atoms with Crippen LogP contribution in [0.1, 0.15) is 0 Å². The Morgan fingerprint density at radius 3 is 2.90 bits per heavy atom. The maximum atomic E-state index is 12.3. The Morgan fingerprint density at radius 2 is 2.24 bits per heavy atom. The van der Waals surface area contributed by atoms with Crippen LogP contribution in [0, 0.1) is 0 Å². The molecule has 9 heteroatoms. The number of hydrogen-bond acceptors (Lipinski definition) is 5. The van der Waals surface area contributed by atoms with Gasteiger partial charge in [0, 0.05) is 18.8 Å². The molecular formula is C12H15BrN4O3S. The van der Waals surface area contributed by atoms with Crippen LogP contribution >= 0.6 is 15.9 Å². The molecule has 0 saturated heterocycles. The second-order valence-electron chi connectivity index (χ2n) is 4.18. The average molecular weight is 375 g/mol. The van der Waals surface area contributed by atoms with E-state index in [4.69, 9.17) is 10.5 Å². The lowest BCUT2D eigenvalue weighted by Crippen LogP contribution is -2.13. The maximum Gasteiger partial charge on any atom is 0.265 e. The summed E-state index contributed by atoms with van der Waals surface area (Å²) < 4.78 is 34.3. The van der Waals surface area contributed by atoms with Gasteiger partial charge in [-0.15, -0.1) is 0 Å². The largest absolute Gasteiger partial charge is 0.495 e. The first-order valence-electron chi connectivity index (χ1n) is 6.05. The molecular weight excluding hydrogens is 360 g/mol. The standard InChI is InChI=1S/C12H15BrN4O3S/c1-20-12-6-9(2-3-11(12)13)16-21(18,19)10-7-15-17(8-10)5-4-14/h2-3,6-8,16H,4-5,14H2,1H3. The van der Waals surface area contributed by atoms with E-state index in [1.807, 2.05) is 0 Å². The Hall–Kier alpha value is -1.58. The van der Waals surface area contributed by atoms with Crippen molar-refractivity contribution >= 4 is 31.6 Å². The summed E-state index contributed by atoms with van der Waals surface area (Å²) in [6.07, 6.45) is 2.72. The molecule has 21 heavy (non-hydrogen) atoms. The number of hydrogen-bond donors (Lipinski definition) is 2. The molecule has 0 spiro atoms. The molecule has 2 rings (SSSR count). The number of halogens is 1. The topological polar surface area (TPSA) is 99.2 Å². The van der Waals surface area contributed by atoms with Crippen molar-refractivity contribution in [3.8, 4) is 5.75 Å². The predicted octanol–water partition coefficient (Wildman–Crippen LogP) is 1.41. The first-order valence-corrected chi connectivity index (χ1v) is 8.33. The van der Waals surface area contributed by atoms with Gasteiger partial charge in [0.2, 0.25) is 0 Å². The minimum absolute atomic E-state index is 0.0813. The molecule has 0 aliphatic heterocycles. The third-order valence-corrected chi connectivity index (χ3v) is 4.67. The van der Waals surface area contributed by atoms with Crippen LogP contribution in [0.5, 0.6) is 5.75 Å². The lowest BCUT2D eigenvalue weighted by atomic mass is 10.3. The second-order valence-corrected chi connectivity index (χ2v) is 6.72. The lowest BCUT2D eigenvalue weighted by molar-refractivity contribution is 0.412. The van der Waals surface area contributed by atoms with E-state index in [2.05, 4.69) is 25.8 Å². The number of nitrogens with two attached hydrogens (primary N) is 1. The number of rotatable bonds is 6. The SMILES string of the molecule is COc1cc(NS(=O)(=O)c2cnn(CCN)c2)ccc1Br. The van der Waals surface area contributed by atoms with Crippen LogP contribution in [0.15, 0.2) is 40.0 Å². The third-order valence-electron chi connectivity index (χ3n) is 2.68. The summed E-state index contributed by atoms with van der Waals surface area (Å²) in [6.45, 7) is 0.847. The highest BCUT2D eigenvalue weighted by Crippen LogP contribution is 2.28. The molecule has 1 heterocycles. The van der Waals surface area contributed by atoms with Gasteiger partial charge in [-0.3, -0.25) is 9.40 Å². The van der Waals surface area contributed by atoms with Crippen molar-refractivity contribution in [3.05, 3.63) is 35.1 Å². The van der Waals surface area contributed by atoms with E-state index in [1.165, 1.54) is 24.2 Å². The van der Waals surface area contributed by atoms with E-state index in [-0.39, 0.29) is 4.90 Å². The van der Waals surface area contributed by atoms with Crippen molar-refractivity contribution in [1.29, 1.82) is 0 Å². The molecule has 0 amide bonds. The van der Waals surface area contributed by atoms with Crippen LogP contribution in [0.2, 0.25) is 0 Å². The molecule has 1 aromatic heterocycles. The Morgan fingerprint density at radius 1 is 1.48 bits per heavy atom. The van der Waals surface area contributed by atoms with Crippen molar-refractivity contribution in [1.82, 2.24) is 9.78 Å². The summed E-state index contributed by atoms with van der Waals surface area (Å²) in [5.41, 5.74) is 5.81. The van der Waals surface area contributed by atoms with E-state index in [0.717, 1.165) is 4.47 Å². The van der Waals surface area contributed by atoms with E-state index < -0.39 is 10.0 Å². The molecule has 1 aromatic carbocycles. The molecule has 0 aliphatic rings. The Kier molecular flexibility index (Phi) is 4.86. The molecule has 0 atom stereocenters. The number of nitrogens with zero attached hydrogens (tertiary/aromatic N) is 2. The highest BCUT2D eigenvalue weighted by atomic mass is 79.9. The first kappa shape index (κ1) is 15.8. The Balaban J connectivity index is 2.24. The number of aromatic nitrogens is 2. The van der Waals surface area contributed by atoms with Crippen molar-refractivity contribution < 1.29 is 13.2 Å². The maximum absolute atomic E-state index is 12.3. The lowest BCUT2D eigenvalue weighted by Gasteiger charge is -2.09. The quantitative estimate of drug-likeness (QED) is 0.796. The van der Waals surface area contributed by atoms with Crippen molar-refractivity contribution in [2.45, 2.75) is 11.4 Å². The summed E-state index contributed by atoms with van der Waals surface area (Å²) in [5, 5.41) is 3.95. The van der Waals surface area contributed by atoms with E-state index in [1.54, 1.807) is 18.2 Å². The molecule has 0 aliphatic carbocycles. The van der Waals surface area contributed by atoms with E-state index in [0.29, 0.717) is 24.5 Å². The van der Waals surface area contributed by atoms with Gasteiger partial charge in [-0.2, -0.15) is 5.10 Å². The van der Waals surface area contributed by atoms with Gasteiger partial charge >= 0.3 is 0 Å². The highest BCUT2D eigenvalue weighted by Gasteiger charge is 2.17. The number of methoxy groups -OCH3 is 1. The zero-order valence-electron chi connectivity index (χ0n) is 11.3. The van der Waals surface area contributed by atoms with Crippen molar-refractivity contribution in [2.24, 2.45) is 5.73 Å². The third kappa shape index (κ3) is 3.74. The summed E-state index contributed by atoms with van der Waals surface area (Å²) in [6, 6.07) is 4.93. The molecule has 3 N–H and O–H groups in total. The van der Waals surface area contributed by atoms with Crippen LogP contribution in [-0.4, -0.2) is 31.9 Å². The zero-order chi connectivity index (χ0) is 15.5. The van der Waals surface area contributed by atoms with E-state index in [9.17, 15) is 8.42 Å². The van der Waals surface area contributed by atoms with Crippen molar-refractivity contribution in [3.63, 3.8) is 0 Å². The fourth-order valence-corrected chi connectivity index (χ4v) is 3.09. The summed E-state index contributed by atoms with van der Waals surface area (Å²) in [5.74, 6) is 0.536. The summed E-state index contributed by atoms with van der Waals surface area (Å²) in [4.78, 5) is 0.0813. The molecule has 0 unspecified atom stereocenters. The van der Waals surface area contributed by atoms with Gasteiger partial charge in [0.25, 0.3) is 10.0 Å². The molecule has 0 radical (unpaired) electrons. The smallest absolute Gasteiger partial charge is 0.265 e. The van der Waals surface area contributed by atoms with Gasteiger partial charge in [0.15, 0.2) is 0 Å². The van der Waals surface area contributed by atoms with Crippen LogP contribution in [0.25, 0.3) is 0 Å². The van der Waals surface area contributed by atoms with Gasteiger partial charge in [-0.1, -0.05) is 0 Å². The first-order chi connectivity index (χ1) is 9.96. The average Bonchev–Trinajstić information content (AvgIpc) is 2.91. The molecule has 0 bridgehead atoms. The summed E-state index contributed by atoms with van der Waals surface area (Å²) >= 11 is 3.31. The number of ether oxygens (including phenoxy) is 1. The predicted molar refractivity (Wildman–Crippen MR) is 82.8 cm³/mol. The minimum atomic E-state index is -3.69. The monoisotopic (exact) mass is 374 g/mol. The molecule has 0 fully saturated rings. The van der Waals surface area contributed by atoms with Gasteiger partial charge in [0.1, 0.15) is 10.6 Å². The number of nitrogens with one attached hydrogen (secondary N) is 1. The van der Waals surface area contributed by atoms with Crippen LogP contribution < -0.4 is 15.2 Å². The fraction of sp³-hybridized carbons (Fsp3) is 0.250. The van der Waals surface area contributed by atoms with Crippen LogP contribution in [0.4, 0.5) is 5.69 Å². The molecule has 0 saturated carbocycles. The van der Waals surface area contributed by atoms with Crippen LogP contribution in [-0.2, 0) is 16.6 Å². The Bertz CT molecular complexity index is 730. The van der Waals surface area contributed by atoms with Crippen molar-refractivity contribution in [2.75, 3.05) is 18.4 Å². The second kappa shape index (κ2) is 6.46. The van der Waals surface area contributed by atoms with E-state index >= 15 is 0 Å². The van der Waals surface area contributed by atoms with Gasteiger partial charge < -0.3 is 10.5 Å². The number of anilines is 1. The highest BCUT2D eigenvalue weighted by molar-refractivity contribution is 9.10. The van der Waals surface area contributed by atoms with Gasteiger partial charge in [0.05, 0.1) is 30.0 Å². The van der Waals surface area contributed by atoms with Gasteiger partial charge in [-0.25, -0.2) is 8.42 Å². The summed E-state index contributed by atoms with van der Waals surface area (Å²) in [7, 11) is -2.18. The fourth-order valence-electron chi connectivity index (χ4n) is 1.68. The molecule has 2 aromatic rings.